The second-order valence-electron chi connectivity index (χ2n) is 8.19. The molecule has 0 spiro atoms. The van der Waals surface area contributed by atoms with Crippen molar-refractivity contribution in [2.45, 2.75) is 39.0 Å². The lowest BCUT2D eigenvalue weighted by atomic mass is 9.86. The van der Waals surface area contributed by atoms with E-state index in [0.29, 0.717) is 11.3 Å². The molecule has 194 valence electrons. The normalized spacial score (nSPS) is 15.2. The minimum atomic E-state index is -5.29. The van der Waals surface area contributed by atoms with Gasteiger partial charge in [0.05, 0.1) is 6.61 Å². The van der Waals surface area contributed by atoms with Gasteiger partial charge >= 0.3 is 24.2 Å². The molecule has 0 aliphatic carbocycles. The smallest absolute Gasteiger partial charge is 0.420 e. The minimum absolute atomic E-state index is 0.0936. The Hall–Kier alpha value is -3.70. The van der Waals surface area contributed by atoms with E-state index in [1.165, 1.54) is 25.1 Å². The van der Waals surface area contributed by atoms with Crippen LogP contribution in [0, 0.1) is 5.92 Å². The highest BCUT2D eigenvalue weighted by atomic mass is 19.4. The molecule has 12 heteroatoms. The molecule has 1 unspecified atom stereocenters. The van der Waals surface area contributed by atoms with Gasteiger partial charge in [0, 0.05) is 17.3 Å². The number of benzene rings is 2. The van der Waals surface area contributed by atoms with Gasteiger partial charge in [0.25, 0.3) is 0 Å². The van der Waals surface area contributed by atoms with Crippen molar-refractivity contribution in [1.82, 2.24) is 0 Å². The summed E-state index contributed by atoms with van der Waals surface area (Å²) < 4.78 is 93.0. The summed E-state index contributed by atoms with van der Waals surface area (Å²) in [6.07, 6.45) is -7.04. The molecule has 1 amide bonds. The van der Waals surface area contributed by atoms with Crippen molar-refractivity contribution in [1.29, 1.82) is 0 Å². The Morgan fingerprint density at radius 3 is 2.17 bits per heavy atom. The van der Waals surface area contributed by atoms with Crippen LogP contribution in [0.2, 0.25) is 0 Å². The molecular weight excluding hydrogens is 494 g/mol. The molecule has 0 saturated heterocycles. The average molecular weight is 516 g/mol. The summed E-state index contributed by atoms with van der Waals surface area (Å²) in [5, 5.41) is 4.70. The monoisotopic (exact) mass is 516 g/mol. The number of carbonyl (C=O) groups is 2. The van der Waals surface area contributed by atoms with Crippen LogP contribution in [-0.2, 0) is 26.7 Å². The van der Waals surface area contributed by atoms with E-state index in [4.69, 9.17) is 4.74 Å². The van der Waals surface area contributed by atoms with E-state index < -0.39 is 46.8 Å². The summed E-state index contributed by atoms with van der Waals surface area (Å²) in [5.41, 5.74) is -3.18. The lowest BCUT2D eigenvalue weighted by Gasteiger charge is -2.26. The first kappa shape index (κ1) is 26.9. The fourth-order valence-electron chi connectivity index (χ4n) is 3.67. The molecule has 2 aromatic carbocycles. The van der Waals surface area contributed by atoms with Crippen LogP contribution in [0.4, 0.5) is 37.7 Å². The van der Waals surface area contributed by atoms with Gasteiger partial charge in [0.1, 0.15) is 16.9 Å². The van der Waals surface area contributed by atoms with E-state index in [1.807, 2.05) is 19.9 Å². The molecule has 1 atom stereocenters. The Balaban J connectivity index is 2.11. The highest BCUT2D eigenvalue weighted by Crippen LogP contribution is 2.48. The Kier molecular flexibility index (Phi) is 7.56. The second kappa shape index (κ2) is 10.1. The molecular formula is C24H22F6N2O4. The van der Waals surface area contributed by atoms with Gasteiger partial charge in [0.2, 0.25) is 0 Å². The van der Waals surface area contributed by atoms with Crippen LogP contribution < -0.4 is 15.4 Å². The molecule has 2 N–H and O–H groups in total. The van der Waals surface area contributed by atoms with E-state index in [9.17, 15) is 35.9 Å². The summed E-state index contributed by atoms with van der Waals surface area (Å²) in [4.78, 5) is 23.3. The fourth-order valence-corrected chi connectivity index (χ4v) is 3.67. The number of carbonyl (C=O) groups excluding carboxylic acids is 2. The van der Waals surface area contributed by atoms with Crippen molar-refractivity contribution in [3.05, 3.63) is 59.3 Å². The number of ether oxygens (including phenoxy) is 2. The summed E-state index contributed by atoms with van der Waals surface area (Å²) in [5.74, 6) is -4.76. The molecule has 6 nitrogen and oxygen atoms in total. The second-order valence-corrected chi connectivity index (χ2v) is 8.19. The standard InChI is InChI=1S/C24H22F6N2O4/c1-4-35-22(34)21(33)32-13-9-17(23(25,26)27)20(18(10-13)24(28,29)30)36-14-5-6-19-16(11-14)15(12(2)3)7-8-31-19/h5-12,15,31H,4H2,1-3H3,(H,32,33). The summed E-state index contributed by atoms with van der Waals surface area (Å²) >= 11 is 0. The predicted octanol–water partition coefficient (Wildman–Crippen LogP) is 6.70. The van der Waals surface area contributed by atoms with Crippen LogP contribution in [-0.4, -0.2) is 18.5 Å². The third-order valence-electron chi connectivity index (χ3n) is 5.28. The summed E-state index contributed by atoms with van der Waals surface area (Å²) in [6, 6.07) is 4.66. The number of fused-ring (bicyclic) bond motifs is 1. The number of esters is 1. The molecule has 0 bridgehead atoms. The number of nitrogens with one attached hydrogen (secondary N) is 2. The van der Waals surface area contributed by atoms with Gasteiger partial charge in [-0.05, 0) is 54.9 Å². The van der Waals surface area contributed by atoms with Crippen LogP contribution >= 0.6 is 0 Å². The van der Waals surface area contributed by atoms with Crippen molar-refractivity contribution in [2.24, 2.45) is 5.92 Å². The van der Waals surface area contributed by atoms with E-state index in [-0.39, 0.29) is 36.3 Å². The Morgan fingerprint density at radius 1 is 1.03 bits per heavy atom. The van der Waals surface area contributed by atoms with Crippen molar-refractivity contribution >= 4 is 23.3 Å². The van der Waals surface area contributed by atoms with Crippen LogP contribution in [0.5, 0.6) is 11.5 Å². The number of alkyl halides is 6. The SMILES string of the molecule is CCOC(=O)C(=O)Nc1cc(C(F)(F)F)c(Oc2ccc3c(c2)C(C(C)C)C=CN3)c(C(F)(F)F)c1. The highest BCUT2D eigenvalue weighted by molar-refractivity contribution is 6.37. The van der Waals surface area contributed by atoms with E-state index in [0.717, 1.165) is 0 Å². The molecule has 0 saturated carbocycles. The van der Waals surface area contributed by atoms with E-state index in [1.54, 1.807) is 11.5 Å². The first-order valence-electron chi connectivity index (χ1n) is 10.8. The molecule has 1 aliphatic heterocycles. The number of halogens is 6. The average Bonchev–Trinajstić information content (AvgIpc) is 2.77. The fraction of sp³-hybridized carbons (Fsp3) is 0.333. The number of rotatable bonds is 5. The molecule has 3 rings (SSSR count). The number of allylic oxidation sites excluding steroid dienone is 1. The van der Waals surface area contributed by atoms with E-state index in [2.05, 4.69) is 10.1 Å². The van der Waals surface area contributed by atoms with Gasteiger partial charge in [0.15, 0.2) is 5.75 Å². The zero-order valence-electron chi connectivity index (χ0n) is 19.3. The van der Waals surface area contributed by atoms with Crippen LogP contribution in [0.15, 0.2) is 42.6 Å². The Bertz CT molecular complexity index is 1150. The van der Waals surface area contributed by atoms with Crippen LogP contribution in [0.3, 0.4) is 0 Å². The zero-order chi connectivity index (χ0) is 26.8. The number of anilines is 2. The minimum Gasteiger partial charge on any atom is -0.459 e. The van der Waals surface area contributed by atoms with Gasteiger partial charge in [-0.15, -0.1) is 0 Å². The Morgan fingerprint density at radius 2 is 1.64 bits per heavy atom. The van der Waals surface area contributed by atoms with Crippen LogP contribution in [0.1, 0.15) is 43.4 Å². The zero-order valence-corrected chi connectivity index (χ0v) is 19.3. The first-order valence-corrected chi connectivity index (χ1v) is 10.8. The number of hydrogen-bond acceptors (Lipinski definition) is 5. The van der Waals surface area contributed by atoms with Gasteiger partial charge in [-0.3, -0.25) is 4.79 Å². The molecule has 1 heterocycles. The van der Waals surface area contributed by atoms with E-state index >= 15 is 0 Å². The van der Waals surface area contributed by atoms with Crippen LogP contribution in [0.25, 0.3) is 0 Å². The van der Waals surface area contributed by atoms with Gasteiger partial charge in [-0.2, -0.15) is 26.3 Å². The molecule has 36 heavy (non-hydrogen) atoms. The summed E-state index contributed by atoms with van der Waals surface area (Å²) in [7, 11) is 0. The lowest BCUT2D eigenvalue weighted by molar-refractivity contribution is -0.152. The molecule has 0 radical (unpaired) electrons. The van der Waals surface area contributed by atoms with Gasteiger partial charge in [-0.25, -0.2) is 4.79 Å². The molecule has 1 aliphatic rings. The van der Waals surface area contributed by atoms with Crippen molar-refractivity contribution in [2.75, 3.05) is 17.2 Å². The summed E-state index contributed by atoms with van der Waals surface area (Å²) in [6.45, 7) is 5.00. The maximum atomic E-state index is 13.9. The first-order chi connectivity index (χ1) is 16.7. The predicted molar refractivity (Wildman–Crippen MR) is 119 cm³/mol. The Labute approximate surface area is 202 Å². The largest absolute Gasteiger partial charge is 0.459 e. The highest BCUT2D eigenvalue weighted by Gasteiger charge is 2.43. The third kappa shape index (κ3) is 5.92. The topological polar surface area (TPSA) is 76.7 Å². The molecule has 2 aromatic rings. The quantitative estimate of drug-likeness (QED) is 0.263. The maximum Gasteiger partial charge on any atom is 0.420 e. The molecule has 0 fully saturated rings. The lowest BCUT2D eigenvalue weighted by Crippen LogP contribution is -2.25. The molecule has 0 aromatic heterocycles. The third-order valence-corrected chi connectivity index (χ3v) is 5.28. The number of hydrogen-bond donors (Lipinski definition) is 2. The van der Waals surface area contributed by atoms with Gasteiger partial charge in [-0.1, -0.05) is 19.9 Å². The van der Waals surface area contributed by atoms with Crippen molar-refractivity contribution in [3.8, 4) is 11.5 Å². The van der Waals surface area contributed by atoms with Gasteiger partial charge < -0.3 is 20.1 Å². The number of amides is 1. The maximum absolute atomic E-state index is 13.9. The van der Waals surface area contributed by atoms with Crippen molar-refractivity contribution in [3.63, 3.8) is 0 Å². The van der Waals surface area contributed by atoms with Crippen molar-refractivity contribution < 1.29 is 45.4 Å².